The molecule has 1 saturated heterocycles. The molecule has 0 aromatic heterocycles. The number of urea groups is 1. The minimum absolute atomic E-state index is 0.00618. The molecule has 0 spiro atoms. The van der Waals surface area contributed by atoms with Crippen molar-refractivity contribution in [1.29, 1.82) is 0 Å². The zero-order valence-corrected chi connectivity index (χ0v) is 15.4. The molecule has 1 aromatic rings. The normalized spacial score (nSPS) is 23.6. The number of aryl methyl sites for hydroxylation is 1. The second-order valence-electron chi connectivity index (χ2n) is 7.73. The molecule has 2 aliphatic heterocycles. The monoisotopic (exact) mass is 357 g/mol. The number of rotatable bonds is 1. The molecule has 4 rings (SSSR count). The van der Waals surface area contributed by atoms with E-state index in [4.69, 9.17) is 4.74 Å². The molecule has 140 valence electrons. The van der Waals surface area contributed by atoms with Crippen molar-refractivity contribution in [1.82, 2.24) is 10.2 Å². The van der Waals surface area contributed by atoms with Crippen LogP contribution in [0.4, 0.5) is 15.3 Å². The predicted molar refractivity (Wildman–Crippen MR) is 99.2 cm³/mol. The van der Waals surface area contributed by atoms with Crippen molar-refractivity contribution in [2.45, 2.75) is 64.1 Å². The number of anilines is 1. The zero-order valence-electron chi connectivity index (χ0n) is 15.4. The van der Waals surface area contributed by atoms with Crippen molar-refractivity contribution >= 4 is 17.8 Å². The van der Waals surface area contributed by atoms with Gasteiger partial charge in [0.2, 0.25) is 0 Å². The van der Waals surface area contributed by atoms with Crippen molar-refractivity contribution in [2.24, 2.45) is 0 Å². The molecule has 1 aromatic carbocycles. The second-order valence-corrected chi connectivity index (χ2v) is 7.73. The lowest BCUT2D eigenvalue weighted by atomic mass is 9.96. The van der Waals surface area contributed by atoms with Gasteiger partial charge >= 0.3 is 12.1 Å². The summed E-state index contributed by atoms with van der Waals surface area (Å²) in [6.07, 6.45) is 6.28. The molecule has 26 heavy (non-hydrogen) atoms. The van der Waals surface area contributed by atoms with Gasteiger partial charge in [-0.15, -0.1) is 0 Å². The summed E-state index contributed by atoms with van der Waals surface area (Å²) in [6.45, 7) is 3.56. The first-order valence-electron chi connectivity index (χ1n) is 9.73. The van der Waals surface area contributed by atoms with Gasteiger partial charge in [0.1, 0.15) is 6.61 Å². The van der Waals surface area contributed by atoms with Crippen molar-refractivity contribution in [3.63, 3.8) is 0 Å². The standard InChI is InChI=1S/C20H27N3O3/c1-14-7-8-15-12-22(19(24)21-16-5-3-2-4-6-16)10-9-17-13-26-20(25)23(17)18(15)11-14/h7-8,11,16-17H,2-6,9-10,12-13H2,1H3,(H,21,24). The Morgan fingerprint density at radius 3 is 2.81 bits per heavy atom. The Hall–Kier alpha value is -2.24. The fourth-order valence-electron chi connectivity index (χ4n) is 4.28. The van der Waals surface area contributed by atoms with Crippen LogP contribution in [0.15, 0.2) is 18.2 Å². The molecule has 1 aliphatic carbocycles. The average Bonchev–Trinajstić information content (AvgIpc) is 2.98. The molecule has 0 radical (unpaired) electrons. The highest BCUT2D eigenvalue weighted by Gasteiger charge is 2.37. The number of fused-ring (bicyclic) bond motifs is 3. The molecule has 3 amide bonds. The minimum atomic E-state index is -0.276. The molecule has 1 N–H and O–H groups in total. The van der Waals surface area contributed by atoms with Gasteiger partial charge in [0, 0.05) is 19.1 Å². The van der Waals surface area contributed by atoms with Gasteiger partial charge < -0.3 is 15.0 Å². The number of benzene rings is 1. The topological polar surface area (TPSA) is 61.9 Å². The molecule has 6 heteroatoms. The van der Waals surface area contributed by atoms with Crippen LogP contribution in [0.2, 0.25) is 0 Å². The van der Waals surface area contributed by atoms with Crippen molar-refractivity contribution in [2.75, 3.05) is 18.1 Å². The van der Waals surface area contributed by atoms with E-state index in [1.807, 2.05) is 30.0 Å². The van der Waals surface area contributed by atoms with Crippen molar-refractivity contribution in [3.05, 3.63) is 29.3 Å². The molecule has 2 heterocycles. The van der Waals surface area contributed by atoms with Gasteiger partial charge in [-0.05, 0) is 43.4 Å². The van der Waals surface area contributed by atoms with Gasteiger partial charge in [-0.3, -0.25) is 4.90 Å². The molecular weight excluding hydrogens is 330 g/mol. The van der Waals surface area contributed by atoms with E-state index >= 15 is 0 Å². The Morgan fingerprint density at radius 2 is 2.00 bits per heavy atom. The van der Waals surface area contributed by atoms with Crippen molar-refractivity contribution < 1.29 is 14.3 Å². The molecule has 6 nitrogen and oxygen atoms in total. The summed E-state index contributed by atoms with van der Waals surface area (Å²) in [7, 11) is 0. The van der Waals surface area contributed by atoms with E-state index in [2.05, 4.69) is 5.32 Å². The summed E-state index contributed by atoms with van der Waals surface area (Å²) in [5.41, 5.74) is 2.98. The maximum atomic E-state index is 12.9. The second kappa shape index (κ2) is 7.17. The van der Waals surface area contributed by atoms with Crippen LogP contribution in [-0.2, 0) is 11.3 Å². The fraction of sp³-hybridized carbons (Fsp3) is 0.600. The molecule has 1 atom stereocenters. The summed E-state index contributed by atoms with van der Waals surface area (Å²) in [5.74, 6) is 0. The Labute approximate surface area is 154 Å². The highest BCUT2D eigenvalue weighted by molar-refractivity contribution is 5.91. The van der Waals surface area contributed by atoms with Crippen LogP contribution in [-0.4, -0.2) is 42.3 Å². The lowest BCUT2D eigenvalue weighted by Gasteiger charge is -2.34. The largest absolute Gasteiger partial charge is 0.447 e. The summed E-state index contributed by atoms with van der Waals surface area (Å²) >= 11 is 0. The van der Waals surface area contributed by atoms with Gasteiger partial charge in [-0.1, -0.05) is 31.4 Å². The van der Waals surface area contributed by atoms with E-state index in [1.54, 1.807) is 4.90 Å². The third-order valence-electron chi connectivity index (χ3n) is 5.77. The molecule has 0 bridgehead atoms. The van der Waals surface area contributed by atoms with Crippen molar-refractivity contribution in [3.8, 4) is 0 Å². The minimum Gasteiger partial charge on any atom is -0.447 e. The number of cyclic esters (lactones) is 1. The molecule has 1 saturated carbocycles. The van der Waals surface area contributed by atoms with Gasteiger partial charge in [-0.2, -0.15) is 0 Å². The molecular formula is C20H27N3O3. The zero-order chi connectivity index (χ0) is 18.1. The maximum absolute atomic E-state index is 12.9. The summed E-state index contributed by atoms with van der Waals surface area (Å²) < 4.78 is 5.29. The SMILES string of the molecule is Cc1ccc2c(c1)N1C(=O)OCC1CCN(C(=O)NC1CCCCC1)C2. The third kappa shape index (κ3) is 3.37. The maximum Gasteiger partial charge on any atom is 0.414 e. The van der Waals surface area contributed by atoms with Crippen LogP contribution < -0.4 is 10.2 Å². The number of carbonyl (C=O) groups excluding carboxylic acids is 2. The Morgan fingerprint density at radius 1 is 1.19 bits per heavy atom. The Bertz CT molecular complexity index is 700. The van der Waals surface area contributed by atoms with Crippen LogP contribution in [0.25, 0.3) is 0 Å². The summed E-state index contributed by atoms with van der Waals surface area (Å²) in [6, 6.07) is 6.40. The Kier molecular flexibility index (Phi) is 4.74. The van der Waals surface area contributed by atoms with Crippen LogP contribution >= 0.6 is 0 Å². The predicted octanol–water partition coefficient (Wildman–Crippen LogP) is 3.57. The van der Waals surface area contributed by atoms with E-state index in [-0.39, 0.29) is 18.2 Å². The quantitative estimate of drug-likeness (QED) is 0.836. The van der Waals surface area contributed by atoms with Gasteiger partial charge in [0.25, 0.3) is 0 Å². The lowest BCUT2D eigenvalue weighted by Crippen LogP contribution is -2.48. The number of carbonyl (C=O) groups is 2. The van der Waals surface area contributed by atoms with E-state index in [0.29, 0.717) is 25.7 Å². The number of nitrogens with zero attached hydrogens (tertiary/aromatic N) is 2. The number of nitrogens with one attached hydrogen (secondary N) is 1. The van der Waals surface area contributed by atoms with E-state index in [9.17, 15) is 9.59 Å². The number of hydrogen-bond acceptors (Lipinski definition) is 3. The highest BCUT2D eigenvalue weighted by Crippen LogP contribution is 2.32. The first-order valence-corrected chi connectivity index (χ1v) is 9.73. The van der Waals surface area contributed by atoms with Gasteiger partial charge in [-0.25, -0.2) is 9.59 Å². The average molecular weight is 357 g/mol. The van der Waals surface area contributed by atoms with E-state index in [0.717, 1.165) is 36.1 Å². The fourth-order valence-corrected chi connectivity index (χ4v) is 4.28. The van der Waals surface area contributed by atoms with Gasteiger partial charge in [0.05, 0.1) is 11.7 Å². The van der Waals surface area contributed by atoms with Crippen LogP contribution in [0.3, 0.4) is 0 Å². The first kappa shape index (κ1) is 17.2. The number of ether oxygens (including phenoxy) is 1. The highest BCUT2D eigenvalue weighted by atomic mass is 16.6. The molecule has 3 aliphatic rings. The van der Waals surface area contributed by atoms with Crippen LogP contribution in [0.1, 0.15) is 49.7 Å². The lowest BCUT2D eigenvalue weighted by molar-refractivity contribution is 0.175. The summed E-state index contributed by atoms with van der Waals surface area (Å²) in [5, 5.41) is 3.22. The smallest absolute Gasteiger partial charge is 0.414 e. The van der Waals surface area contributed by atoms with Crippen LogP contribution in [0, 0.1) is 6.92 Å². The Balaban J connectivity index is 1.56. The van der Waals surface area contributed by atoms with E-state index < -0.39 is 0 Å². The van der Waals surface area contributed by atoms with Crippen LogP contribution in [0.5, 0.6) is 0 Å². The first-order chi connectivity index (χ1) is 12.6. The van der Waals surface area contributed by atoms with E-state index in [1.165, 1.54) is 19.3 Å². The number of hydrogen-bond donors (Lipinski definition) is 1. The molecule has 2 fully saturated rings. The van der Waals surface area contributed by atoms with Gasteiger partial charge in [0.15, 0.2) is 0 Å². The molecule has 1 unspecified atom stereocenters. The third-order valence-corrected chi connectivity index (χ3v) is 5.77. The number of amides is 3. The summed E-state index contributed by atoms with van der Waals surface area (Å²) in [4.78, 5) is 28.8.